The van der Waals surface area contributed by atoms with Gasteiger partial charge in [-0.2, -0.15) is 0 Å². The molecule has 0 bridgehead atoms. The average molecular weight is 307 g/mol. The van der Waals surface area contributed by atoms with Crippen molar-refractivity contribution >= 4 is 28.4 Å². The fourth-order valence-electron chi connectivity index (χ4n) is 2.60. The molecule has 2 amide bonds. The van der Waals surface area contributed by atoms with Crippen molar-refractivity contribution in [2.24, 2.45) is 0 Å². The summed E-state index contributed by atoms with van der Waals surface area (Å²) < 4.78 is 0. The molecule has 4 N–H and O–H groups in total. The lowest BCUT2D eigenvalue weighted by Crippen LogP contribution is -2.31. The minimum atomic E-state index is -0.512. The molecule has 0 spiro atoms. The van der Waals surface area contributed by atoms with Crippen LogP contribution in [0, 0.1) is 13.8 Å². The van der Waals surface area contributed by atoms with Crippen LogP contribution in [0.1, 0.15) is 32.0 Å². The number of nitrogens with one attached hydrogen (secondary N) is 2. The van der Waals surface area contributed by atoms with E-state index in [-0.39, 0.29) is 5.56 Å². The second kappa shape index (κ2) is 5.61. The molecule has 0 radical (unpaired) electrons. The molecule has 5 nitrogen and oxygen atoms in total. The van der Waals surface area contributed by atoms with Crippen molar-refractivity contribution in [3.63, 3.8) is 0 Å². The number of H-pyrrole nitrogens is 1. The van der Waals surface area contributed by atoms with E-state index in [9.17, 15) is 9.59 Å². The molecule has 116 valence electrons. The lowest BCUT2D eigenvalue weighted by Gasteiger charge is -2.06. The third kappa shape index (κ3) is 2.68. The number of benzene rings is 2. The van der Waals surface area contributed by atoms with Gasteiger partial charge in [-0.1, -0.05) is 23.8 Å². The van der Waals surface area contributed by atoms with Crippen molar-refractivity contribution in [1.29, 1.82) is 0 Å². The van der Waals surface area contributed by atoms with Gasteiger partial charge in [-0.15, -0.1) is 0 Å². The predicted octanol–water partition coefficient (Wildman–Crippen LogP) is 2.94. The van der Waals surface area contributed by atoms with E-state index in [0.29, 0.717) is 11.4 Å². The van der Waals surface area contributed by atoms with E-state index >= 15 is 0 Å². The molecule has 0 fully saturated rings. The number of rotatable bonds is 2. The van der Waals surface area contributed by atoms with E-state index in [1.807, 2.05) is 32.0 Å². The molecule has 0 atom stereocenters. The largest absolute Gasteiger partial charge is 0.398 e. The third-order valence-electron chi connectivity index (χ3n) is 3.87. The Labute approximate surface area is 133 Å². The molecule has 1 aromatic heterocycles. The second-order valence-electron chi connectivity index (χ2n) is 5.54. The summed E-state index contributed by atoms with van der Waals surface area (Å²) in [6, 6.07) is 12.5. The number of amides is 2. The number of aromatic nitrogens is 1. The highest BCUT2D eigenvalue weighted by atomic mass is 16.2. The summed E-state index contributed by atoms with van der Waals surface area (Å²) in [5, 5.41) is 3.35. The van der Waals surface area contributed by atoms with Crippen molar-refractivity contribution < 1.29 is 9.59 Å². The van der Waals surface area contributed by atoms with Crippen LogP contribution >= 0.6 is 0 Å². The molecule has 0 saturated heterocycles. The van der Waals surface area contributed by atoms with Gasteiger partial charge in [0.25, 0.3) is 11.8 Å². The number of anilines is 1. The molecule has 0 aliphatic heterocycles. The minimum absolute atomic E-state index is 0.283. The Bertz CT molecular complexity index is 925. The molecule has 3 aromatic rings. The summed E-state index contributed by atoms with van der Waals surface area (Å²) in [5.41, 5.74) is 9.56. The van der Waals surface area contributed by atoms with E-state index in [2.05, 4.69) is 10.3 Å². The monoisotopic (exact) mass is 307 g/mol. The summed E-state index contributed by atoms with van der Waals surface area (Å²) in [6.45, 7) is 3.85. The molecule has 0 aliphatic rings. The maximum atomic E-state index is 12.4. The third-order valence-corrected chi connectivity index (χ3v) is 3.87. The molecule has 3 rings (SSSR count). The van der Waals surface area contributed by atoms with Gasteiger partial charge in [-0.25, -0.2) is 0 Å². The summed E-state index contributed by atoms with van der Waals surface area (Å²) >= 11 is 0. The highest BCUT2D eigenvalue weighted by Crippen LogP contribution is 2.23. The Balaban J connectivity index is 1.91. The predicted molar refractivity (Wildman–Crippen MR) is 90.4 cm³/mol. The fraction of sp³-hybridized carbons (Fsp3) is 0.111. The maximum absolute atomic E-state index is 12.4. The molecular weight excluding hydrogens is 290 g/mol. The Morgan fingerprint density at radius 2 is 1.78 bits per heavy atom. The van der Waals surface area contributed by atoms with Crippen LogP contribution in [0.15, 0.2) is 42.5 Å². The topological polar surface area (TPSA) is 88.0 Å². The Hall–Kier alpha value is -3.08. The number of aryl methyl sites for hydroxylation is 2. The minimum Gasteiger partial charge on any atom is -0.398 e. The molecule has 2 aromatic carbocycles. The highest BCUT2D eigenvalue weighted by molar-refractivity contribution is 6.13. The zero-order valence-electron chi connectivity index (χ0n) is 12.9. The number of hydrogen-bond acceptors (Lipinski definition) is 3. The van der Waals surface area contributed by atoms with Crippen LogP contribution in [0.5, 0.6) is 0 Å². The Morgan fingerprint density at radius 3 is 2.52 bits per heavy atom. The number of fused-ring (bicyclic) bond motifs is 1. The smallest absolute Gasteiger partial charge is 0.274 e. The molecule has 0 unspecified atom stereocenters. The van der Waals surface area contributed by atoms with Crippen molar-refractivity contribution in [3.8, 4) is 0 Å². The summed E-state index contributed by atoms with van der Waals surface area (Å²) in [6.07, 6.45) is 0. The van der Waals surface area contributed by atoms with Crippen molar-refractivity contribution in [2.75, 3.05) is 5.73 Å². The molecule has 1 heterocycles. The van der Waals surface area contributed by atoms with Crippen molar-refractivity contribution in [1.82, 2.24) is 10.3 Å². The van der Waals surface area contributed by atoms with Crippen molar-refractivity contribution in [3.05, 3.63) is 64.8 Å². The van der Waals surface area contributed by atoms with Crippen LogP contribution < -0.4 is 11.1 Å². The lowest BCUT2D eigenvalue weighted by atomic mass is 10.1. The number of para-hydroxylation sites is 1. The summed E-state index contributed by atoms with van der Waals surface area (Å²) in [7, 11) is 0. The number of hydrogen-bond donors (Lipinski definition) is 3. The van der Waals surface area contributed by atoms with E-state index in [4.69, 9.17) is 5.73 Å². The van der Waals surface area contributed by atoms with Gasteiger partial charge in [0.15, 0.2) is 0 Å². The van der Waals surface area contributed by atoms with Gasteiger partial charge in [0.2, 0.25) is 0 Å². The standard InChI is InChI=1S/C18H17N3O2/c1-10-7-8-15-13(9-10)11(2)16(20-15)18(23)21-17(22)12-5-3-4-6-14(12)19/h3-9,20H,19H2,1-2H3,(H,21,22,23). The number of nitrogens with two attached hydrogens (primary N) is 1. The lowest BCUT2D eigenvalue weighted by molar-refractivity contribution is 0.0847. The molecule has 5 heteroatoms. The first kappa shape index (κ1) is 14.8. The van der Waals surface area contributed by atoms with Gasteiger partial charge in [0.05, 0.1) is 5.56 Å². The van der Waals surface area contributed by atoms with Gasteiger partial charge in [-0.05, 0) is 43.7 Å². The van der Waals surface area contributed by atoms with E-state index in [1.165, 1.54) is 0 Å². The molecule has 0 aliphatic carbocycles. The van der Waals surface area contributed by atoms with Crippen molar-refractivity contribution in [2.45, 2.75) is 13.8 Å². The van der Waals surface area contributed by atoms with Gasteiger partial charge in [0.1, 0.15) is 5.69 Å². The Morgan fingerprint density at radius 1 is 1.04 bits per heavy atom. The maximum Gasteiger partial charge on any atom is 0.274 e. The molecule has 0 saturated carbocycles. The van der Waals surface area contributed by atoms with Crippen LogP contribution in [0.3, 0.4) is 0 Å². The van der Waals surface area contributed by atoms with Crippen LogP contribution in [-0.2, 0) is 0 Å². The number of aromatic amines is 1. The summed E-state index contributed by atoms with van der Waals surface area (Å²) in [5.74, 6) is -0.980. The number of imide groups is 1. The second-order valence-corrected chi connectivity index (χ2v) is 5.54. The van der Waals surface area contributed by atoms with Crippen LogP contribution in [0.4, 0.5) is 5.69 Å². The van der Waals surface area contributed by atoms with Gasteiger partial charge < -0.3 is 10.7 Å². The SMILES string of the molecule is Cc1ccc2[nH]c(C(=O)NC(=O)c3ccccc3N)c(C)c2c1. The van der Waals surface area contributed by atoms with Gasteiger partial charge in [-0.3, -0.25) is 14.9 Å². The first-order valence-corrected chi connectivity index (χ1v) is 7.26. The van der Waals surface area contributed by atoms with E-state index < -0.39 is 11.8 Å². The molecular formula is C18H17N3O2. The van der Waals surface area contributed by atoms with E-state index in [1.54, 1.807) is 24.3 Å². The van der Waals surface area contributed by atoms with Gasteiger partial charge in [0, 0.05) is 16.6 Å². The fourth-order valence-corrected chi connectivity index (χ4v) is 2.60. The number of carbonyl (C=O) groups is 2. The quantitative estimate of drug-likeness (QED) is 0.502. The normalized spacial score (nSPS) is 10.7. The zero-order valence-corrected chi connectivity index (χ0v) is 12.9. The first-order valence-electron chi connectivity index (χ1n) is 7.26. The number of nitrogen functional groups attached to an aromatic ring is 1. The number of carbonyl (C=O) groups excluding carboxylic acids is 2. The average Bonchev–Trinajstić information content (AvgIpc) is 2.84. The zero-order chi connectivity index (χ0) is 16.6. The molecule has 23 heavy (non-hydrogen) atoms. The van der Waals surface area contributed by atoms with Crippen LogP contribution in [-0.4, -0.2) is 16.8 Å². The summed E-state index contributed by atoms with van der Waals surface area (Å²) in [4.78, 5) is 27.7. The highest BCUT2D eigenvalue weighted by Gasteiger charge is 2.18. The van der Waals surface area contributed by atoms with Crippen LogP contribution in [0.25, 0.3) is 10.9 Å². The van der Waals surface area contributed by atoms with Crippen LogP contribution in [0.2, 0.25) is 0 Å². The van der Waals surface area contributed by atoms with Gasteiger partial charge >= 0.3 is 0 Å². The van der Waals surface area contributed by atoms with E-state index in [0.717, 1.165) is 22.0 Å². The first-order chi connectivity index (χ1) is 11.0. The Kier molecular flexibility index (Phi) is 3.62.